The number of hydrogen-bond donors (Lipinski definition) is 3. The fraction of sp³-hybridized carbons (Fsp3) is 0.571. The van der Waals surface area contributed by atoms with Crippen molar-refractivity contribution in [3.8, 4) is 0 Å². The van der Waals surface area contributed by atoms with E-state index in [9.17, 15) is 29.7 Å². The van der Waals surface area contributed by atoms with Gasteiger partial charge in [0.1, 0.15) is 11.3 Å². The molecule has 1 rings (SSSR count). The molecule has 3 N–H and O–H groups in total. The molecular weight excluding hydrogens is 348 g/mol. The molecule has 2 atom stereocenters. The summed E-state index contributed by atoms with van der Waals surface area (Å²) < 4.78 is 0. The average molecular weight is 378 g/mol. The van der Waals surface area contributed by atoms with Crippen LogP contribution in [0.5, 0.6) is 0 Å². The summed E-state index contributed by atoms with van der Waals surface area (Å²) in [4.78, 5) is 38.1. The average Bonchev–Trinajstić information content (AvgIpc) is 2.69. The van der Waals surface area contributed by atoms with Crippen LogP contribution in [0.15, 0.2) is 34.6 Å². The highest BCUT2D eigenvalue weighted by molar-refractivity contribution is 6.32. The van der Waals surface area contributed by atoms with E-state index >= 15 is 0 Å². The highest BCUT2D eigenvalue weighted by atomic mass is 16.4. The van der Waals surface area contributed by atoms with Crippen LogP contribution >= 0.6 is 0 Å². The molecule has 0 aromatic rings. The summed E-state index contributed by atoms with van der Waals surface area (Å²) in [6.07, 6.45) is 2.28. The van der Waals surface area contributed by atoms with Crippen molar-refractivity contribution in [1.82, 2.24) is 0 Å². The zero-order valence-electron chi connectivity index (χ0n) is 16.9. The Balaban J connectivity index is 3.55. The van der Waals surface area contributed by atoms with Crippen LogP contribution in [0.2, 0.25) is 0 Å². The molecule has 0 fully saturated rings. The van der Waals surface area contributed by atoms with Crippen molar-refractivity contribution < 1.29 is 29.7 Å². The Morgan fingerprint density at radius 3 is 2.00 bits per heavy atom. The van der Waals surface area contributed by atoms with Crippen LogP contribution in [0.3, 0.4) is 0 Å². The molecule has 1 aliphatic carbocycles. The lowest BCUT2D eigenvalue weighted by Crippen LogP contribution is -2.61. The van der Waals surface area contributed by atoms with E-state index < -0.39 is 39.9 Å². The Morgan fingerprint density at radius 1 is 1.04 bits per heavy atom. The van der Waals surface area contributed by atoms with Gasteiger partial charge < -0.3 is 15.3 Å². The highest BCUT2D eigenvalue weighted by Gasteiger charge is 2.68. The molecule has 6 nitrogen and oxygen atoms in total. The molecule has 27 heavy (non-hydrogen) atoms. The molecule has 0 aromatic heterocycles. The predicted molar refractivity (Wildman–Crippen MR) is 102 cm³/mol. The molecule has 2 unspecified atom stereocenters. The fourth-order valence-electron chi connectivity index (χ4n) is 2.98. The van der Waals surface area contributed by atoms with Crippen molar-refractivity contribution in [1.29, 1.82) is 0 Å². The minimum atomic E-state index is -2.91. The first-order valence-corrected chi connectivity index (χ1v) is 9.05. The van der Waals surface area contributed by atoms with Gasteiger partial charge in [-0.2, -0.15) is 0 Å². The van der Waals surface area contributed by atoms with E-state index in [4.69, 9.17) is 0 Å². The molecule has 0 amide bonds. The molecule has 0 heterocycles. The van der Waals surface area contributed by atoms with Gasteiger partial charge in [0.05, 0.1) is 0 Å². The van der Waals surface area contributed by atoms with Crippen molar-refractivity contribution in [3.63, 3.8) is 0 Å². The monoisotopic (exact) mass is 378 g/mol. The molecule has 1 aliphatic rings. The number of aliphatic hydroxyl groups is 3. The quantitative estimate of drug-likeness (QED) is 0.340. The van der Waals surface area contributed by atoms with Crippen LogP contribution in [0.4, 0.5) is 0 Å². The van der Waals surface area contributed by atoms with Gasteiger partial charge in [-0.3, -0.25) is 14.4 Å². The first-order chi connectivity index (χ1) is 12.3. The Hall–Kier alpha value is -2.05. The third-order valence-corrected chi connectivity index (χ3v) is 4.56. The van der Waals surface area contributed by atoms with Crippen LogP contribution in [0, 0.1) is 5.92 Å². The number of ketones is 3. The van der Waals surface area contributed by atoms with Gasteiger partial charge in [-0.1, -0.05) is 37.1 Å². The summed E-state index contributed by atoms with van der Waals surface area (Å²) in [5.74, 6) is -3.93. The summed E-state index contributed by atoms with van der Waals surface area (Å²) in [7, 11) is 0. The second kappa shape index (κ2) is 8.31. The Morgan fingerprint density at radius 2 is 1.56 bits per heavy atom. The number of aliphatic hydroxyl groups excluding tert-OH is 1. The Labute approximate surface area is 160 Å². The van der Waals surface area contributed by atoms with Gasteiger partial charge in [-0.05, 0) is 33.6 Å². The number of carbonyl (C=O) groups excluding carboxylic acids is 3. The zero-order valence-corrected chi connectivity index (χ0v) is 16.9. The summed E-state index contributed by atoms with van der Waals surface area (Å²) in [6, 6.07) is 0. The minimum Gasteiger partial charge on any atom is -0.508 e. The second-order valence-corrected chi connectivity index (χ2v) is 8.04. The first-order valence-electron chi connectivity index (χ1n) is 9.05. The summed E-state index contributed by atoms with van der Waals surface area (Å²) in [5, 5.41) is 32.7. The van der Waals surface area contributed by atoms with Gasteiger partial charge in [0.15, 0.2) is 17.2 Å². The number of carbonyl (C=O) groups is 3. The molecule has 150 valence electrons. The third kappa shape index (κ3) is 4.28. The Kier molecular flexibility index (Phi) is 7.08. The Bertz CT molecular complexity index is 732. The van der Waals surface area contributed by atoms with Gasteiger partial charge >= 0.3 is 0 Å². The summed E-state index contributed by atoms with van der Waals surface area (Å²) >= 11 is 0. The van der Waals surface area contributed by atoms with Crippen molar-refractivity contribution in [3.05, 3.63) is 34.6 Å². The van der Waals surface area contributed by atoms with Crippen LogP contribution in [-0.4, -0.2) is 43.9 Å². The van der Waals surface area contributed by atoms with Gasteiger partial charge in [-0.25, -0.2) is 0 Å². The van der Waals surface area contributed by atoms with E-state index in [-0.39, 0.29) is 25.2 Å². The van der Waals surface area contributed by atoms with E-state index in [0.29, 0.717) is 0 Å². The van der Waals surface area contributed by atoms with Crippen molar-refractivity contribution in [2.24, 2.45) is 5.92 Å². The molecule has 6 heteroatoms. The van der Waals surface area contributed by atoms with Crippen LogP contribution in [0.25, 0.3) is 0 Å². The zero-order chi connectivity index (χ0) is 21.2. The number of hydrogen-bond acceptors (Lipinski definition) is 6. The van der Waals surface area contributed by atoms with Crippen LogP contribution in [0.1, 0.15) is 60.8 Å². The van der Waals surface area contributed by atoms with E-state index in [1.165, 1.54) is 12.2 Å². The number of rotatable bonds is 8. The fourth-order valence-corrected chi connectivity index (χ4v) is 2.98. The lowest BCUT2D eigenvalue weighted by molar-refractivity contribution is -0.171. The lowest BCUT2D eigenvalue weighted by atomic mass is 9.76. The third-order valence-electron chi connectivity index (χ3n) is 4.56. The second-order valence-electron chi connectivity index (χ2n) is 8.04. The number of Topliss-reactive ketones (excluding diaryl/α,β-unsaturated/α-hetero) is 3. The summed E-state index contributed by atoms with van der Waals surface area (Å²) in [5.41, 5.74) is -4.61. The molecular formula is C21H30O6. The van der Waals surface area contributed by atoms with Gasteiger partial charge in [0, 0.05) is 19.3 Å². The van der Waals surface area contributed by atoms with Gasteiger partial charge in [0.2, 0.25) is 11.4 Å². The van der Waals surface area contributed by atoms with E-state index in [1.807, 2.05) is 0 Å². The predicted octanol–water partition coefficient (Wildman–Crippen LogP) is 2.74. The highest BCUT2D eigenvalue weighted by Crippen LogP contribution is 2.44. The maximum Gasteiger partial charge on any atom is 0.223 e. The van der Waals surface area contributed by atoms with E-state index in [0.717, 1.165) is 11.1 Å². The first kappa shape index (κ1) is 23.0. The normalized spacial score (nSPS) is 25.0. The largest absolute Gasteiger partial charge is 0.508 e. The smallest absolute Gasteiger partial charge is 0.223 e. The molecule has 0 aliphatic heterocycles. The SMILES string of the molecule is CC(C)=CCC(=O)C1(O)C(=O)C(C(=O)CC(C)C)=C(O)C1(O)CC=C(C)C. The van der Waals surface area contributed by atoms with Crippen molar-refractivity contribution >= 4 is 17.3 Å². The van der Waals surface area contributed by atoms with Crippen LogP contribution < -0.4 is 0 Å². The maximum absolute atomic E-state index is 12.9. The van der Waals surface area contributed by atoms with E-state index in [2.05, 4.69) is 0 Å². The lowest BCUT2D eigenvalue weighted by Gasteiger charge is -2.35. The van der Waals surface area contributed by atoms with E-state index in [1.54, 1.807) is 41.5 Å². The molecule has 0 aromatic carbocycles. The molecule has 0 bridgehead atoms. The molecule has 0 spiro atoms. The molecule has 0 saturated heterocycles. The molecule has 0 saturated carbocycles. The van der Waals surface area contributed by atoms with Crippen LogP contribution in [-0.2, 0) is 14.4 Å². The van der Waals surface area contributed by atoms with Crippen molar-refractivity contribution in [2.75, 3.05) is 0 Å². The summed E-state index contributed by atoms with van der Waals surface area (Å²) in [6.45, 7) is 10.5. The van der Waals surface area contributed by atoms with Crippen molar-refractivity contribution in [2.45, 2.75) is 72.0 Å². The standard InChI is InChI=1S/C21H30O6/c1-12(2)7-8-16(23)21(27)19(25)17(15(22)11-14(5)6)18(24)20(21,26)10-9-13(3)4/h7,9,14,24,26-27H,8,10-11H2,1-6H3. The minimum absolute atomic E-state index is 0.0535. The maximum atomic E-state index is 12.9. The topological polar surface area (TPSA) is 112 Å². The molecule has 0 radical (unpaired) electrons. The number of allylic oxidation sites excluding steroid dienone is 3. The van der Waals surface area contributed by atoms with Gasteiger partial charge in [0.25, 0.3) is 0 Å². The van der Waals surface area contributed by atoms with Gasteiger partial charge in [-0.15, -0.1) is 0 Å².